The lowest BCUT2D eigenvalue weighted by Crippen LogP contribution is -2.48. The first-order valence-corrected chi connectivity index (χ1v) is 9.32. The molecule has 0 saturated heterocycles. The summed E-state index contributed by atoms with van der Waals surface area (Å²) >= 11 is 5.78. The Labute approximate surface area is 167 Å². The van der Waals surface area contributed by atoms with Gasteiger partial charge in [-0.1, -0.05) is 29.8 Å². The van der Waals surface area contributed by atoms with E-state index in [2.05, 4.69) is 10.9 Å². The average molecular weight is 406 g/mol. The number of hydrogen-bond donors (Lipinski definition) is 2. The maximum Gasteiger partial charge on any atom is 0.276 e. The number of carbonyl (C=O) groups excluding carboxylic acids is 2. The first kappa shape index (κ1) is 20.1. The van der Waals surface area contributed by atoms with Crippen LogP contribution >= 0.6 is 11.6 Å². The Balaban J connectivity index is 1.42. The third-order valence-electron chi connectivity index (χ3n) is 4.27. The van der Waals surface area contributed by atoms with Crippen molar-refractivity contribution in [2.45, 2.75) is 25.4 Å². The molecule has 0 heterocycles. The van der Waals surface area contributed by atoms with Crippen LogP contribution in [0.2, 0.25) is 5.02 Å². The molecular weight excluding hydrogens is 385 g/mol. The van der Waals surface area contributed by atoms with Gasteiger partial charge in [-0.2, -0.15) is 0 Å². The van der Waals surface area contributed by atoms with Gasteiger partial charge in [-0.15, -0.1) is 0 Å². The number of halogens is 2. The third kappa shape index (κ3) is 6.21. The molecule has 2 N–H and O–H groups in total. The van der Waals surface area contributed by atoms with Gasteiger partial charge in [-0.05, 0) is 43.2 Å². The normalized spacial score (nSPS) is 13.2. The molecule has 2 amide bonds. The Hall–Kier alpha value is -2.64. The molecule has 3 rings (SSSR count). The van der Waals surface area contributed by atoms with Crippen LogP contribution in [0.1, 0.15) is 18.4 Å². The van der Waals surface area contributed by atoms with Gasteiger partial charge in [-0.25, -0.2) is 4.39 Å². The molecule has 0 unspecified atom stereocenters. The third-order valence-corrected chi connectivity index (χ3v) is 4.52. The molecule has 6 nitrogen and oxygen atoms in total. The van der Waals surface area contributed by atoms with Crippen molar-refractivity contribution in [2.24, 2.45) is 0 Å². The molecule has 28 heavy (non-hydrogen) atoms. The fourth-order valence-electron chi connectivity index (χ4n) is 2.68. The fourth-order valence-corrected chi connectivity index (χ4v) is 2.80. The maximum absolute atomic E-state index is 13.9. The molecule has 0 radical (unpaired) electrons. The first-order chi connectivity index (χ1) is 13.5. The Kier molecular flexibility index (Phi) is 6.84. The summed E-state index contributed by atoms with van der Waals surface area (Å²) in [7, 11) is 0. The highest BCUT2D eigenvalue weighted by Crippen LogP contribution is 2.28. The van der Waals surface area contributed by atoms with E-state index in [0.717, 1.165) is 12.8 Å². The van der Waals surface area contributed by atoms with Gasteiger partial charge in [0.05, 0.1) is 6.54 Å². The predicted octanol–water partition coefficient (Wildman–Crippen LogP) is 2.67. The van der Waals surface area contributed by atoms with Crippen molar-refractivity contribution in [1.29, 1.82) is 0 Å². The largest absolute Gasteiger partial charge is 0.484 e. The monoisotopic (exact) mass is 405 g/mol. The van der Waals surface area contributed by atoms with E-state index in [-0.39, 0.29) is 30.9 Å². The molecule has 1 saturated carbocycles. The van der Waals surface area contributed by atoms with Crippen LogP contribution in [0.25, 0.3) is 0 Å². The zero-order valence-corrected chi connectivity index (χ0v) is 15.9. The summed E-state index contributed by atoms with van der Waals surface area (Å²) in [6, 6.07) is 13.4. The molecule has 8 heteroatoms. The Morgan fingerprint density at radius 3 is 2.43 bits per heavy atom. The minimum Gasteiger partial charge on any atom is -0.484 e. The highest BCUT2D eigenvalue weighted by molar-refractivity contribution is 6.30. The van der Waals surface area contributed by atoms with Gasteiger partial charge in [0.25, 0.3) is 11.8 Å². The molecule has 1 aliphatic rings. The number of amides is 2. The molecule has 1 fully saturated rings. The molecule has 1 aliphatic carbocycles. The number of nitrogens with one attached hydrogen (secondary N) is 2. The van der Waals surface area contributed by atoms with Gasteiger partial charge in [0, 0.05) is 23.2 Å². The molecular formula is C20H21ClFN3O3. The van der Waals surface area contributed by atoms with Crippen molar-refractivity contribution in [3.05, 3.63) is 64.9 Å². The number of hydrazine groups is 1. The topological polar surface area (TPSA) is 70.7 Å². The van der Waals surface area contributed by atoms with Crippen molar-refractivity contribution in [3.8, 4) is 5.75 Å². The number of benzene rings is 2. The number of carbonyl (C=O) groups is 2. The van der Waals surface area contributed by atoms with Crippen LogP contribution in [0.3, 0.4) is 0 Å². The highest BCUT2D eigenvalue weighted by Gasteiger charge is 2.30. The van der Waals surface area contributed by atoms with Gasteiger partial charge in [0.2, 0.25) is 0 Å². The standard InChI is InChI=1S/C20H21ClFN3O3/c21-15-5-9-17(10-6-15)28-13-20(27)24-23-19(26)12-25(16-7-8-16)11-14-3-1-2-4-18(14)22/h1-6,9-10,16H,7-8,11-13H2,(H,23,26)(H,24,27). The summed E-state index contributed by atoms with van der Waals surface area (Å²) in [6.07, 6.45) is 1.95. The van der Waals surface area contributed by atoms with E-state index in [1.165, 1.54) is 6.07 Å². The van der Waals surface area contributed by atoms with Gasteiger partial charge < -0.3 is 4.74 Å². The van der Waals surface area contributed by atoms with Crippen LogP contribution in [0.5, 0.6) is 5.75 Å². The van der Waals surface area contributed by atoms with Crippen LogP contribution in [0, 0.1) is 5.82 Å². The van der Waals surface area contributed by atoms with E-state index >= 15 is 0 Å². The number of hydrogen-bond acceptors (Lipinski definition) is 4. The minimum atomic E-state index is -0.490. The lowest BCUT2D eigenvalue weighted by atomic mass is 10.2. The van der Waals surface area contributed by atoms with Crippen molar-refractivity contribution in [1.82, 2.24) is 15.8 Å². The van der Waals surface area contributed by atoms with Crippen LogP contribution in [0.4, 0.5) is 4.39 Å². The van der Waals surface area contributed by atoms with E-state index in [1.807, 2.05) is 4.90 Å². The smallest absolute Gasteiger partial charge is 0.276 e. The zero-order chi connectivity index (χ0) is 19.9. The van der Waals surface area contributed by atoms with Gasteiger partial charge in [0.15, 0.2) is 6.61 Å². The lowest BCUT2D eigenvalue weighted by Gasteiger charge is -2.21. The molecule has 2 aromatic rings. The van der Waals surface area contributed by atoms with Crippen LogP contribution in [-0.2, 0) is 16.1 Å². The molecule has 0 aliphatic heterocycles. The highest BCUT2D eigenvalue weighted by atomic mass is 35.5. The second kappa shape index (κ2) is 9.52. The lowest BCUT2D eigenvalue weighted by molar-refractivity contribution is -0.130. The SMILES string of the molecule is O=C(COc1ccc(Cl)cc1)NNC(=O)CN(Cc1ccccc1F)C1CC1. The van der Waals surface area contributed by atoms with Crippen LogP contribution < -0.4 is 15.6 Å². The number of ether oxygens (including phenoxy) is 1. The summed E-state index contributed by atoms with van der Waals surface area (Å²) in [5.74, 6) is -0.657. The molecule has 0 spiro atoms. The second-order valence-electron chi connectivity index (χ2n) is 6.57. The molecule has 0 aromatic heterocycles. The first-order valence-electron chi connectivity index (χ1n) is 8.95. The van der Waals surface area contributed by atoms with Crippen LogP contribution in [-0.4, -0.2) is 35.9 Å². The molecule has 0 atom stereocenters. The summed E-state index contributed by atoms with van der Waals surface area (Å²) < 4.78 is 19.2. The quantitative estimate of drug-likeness (QED) is 0.662. The van der Waals surface area contributed by atoms with Gasteiger partial charge >= 0.3 is 0 Å². The average Bonchev–Trinajstić information content (AvgIpc) is 3.52. The van der Waals surface area contributed by atoms with Crippen molar-refractivity contribution in [2.75, 3.05) is 13.2 Å². The molecule has 148 valence electrons. The van der Waals surface area contributed by atoms with Gasteiger partial charge in [-0.3, -0.25) is 25.3 Å². The van der Waals surface area contributed by atoms with E-state index in [4.69, 9.17) is 16.3 Å². The summed E-state index contributed by atoms with van der Waals surface area (Å²) in [5, 5.41) is 0.569. The van der Waals surface area contributed by atoms with E-state index in [9.17, 15) is 14.0 Å². The Morgan fingerprint density at radius 1 is 1.07 bits per heavy atom. The summed E-state index contributed by atoms with van der Waals surface area (Å²) in [5.41, 5.74) is 5.22. The Bertz CT molecular complexity index is 828. The van der Waals surface area contributed by atoms with Crippen molar-refractivity contribution in [3.63, 3.8) is 0 Å². The maximum atomic E-state index is 13.9. The molecule has 0 bridgehead atoms. The van der Waals surface area contributed by atoms with Crippen LogP contribution in [0.15, 0.2) is 48.5 Å². The number of nitrogens with zero attached hydrogens (tertiary/aromatic N) is 1. The van der Waals surface area contributed by atoms with Gasteiger partial charge in [0.1, 0.15) is 11.6 Å². The van der Waals surface area contributed by atoms with E-state index in [0.29, 0.717) is 22.9 Å². The molecule has 2 aromatic carbocycles. The predicted molar refractivity (Wildman–Crippen MR) is 103 cm³/mol. The zero-order valence-electron chi connectivity index (χ0n) is 15.2. The fraction of sp³-hybridized carbons (Fsp3) is 0.300. The Morgan fingerprint density at radius 2 is 1.75 bits per heavy atom. The second-order valence-corrected chi connectivity index (χ2v) is 7.00. The van der Waals surface area contributed by atoms with Crippen molar-refractivity contribution >= 4 is 23.4 Å². The minimum absolute atomic E-state index is 0.0668. The summed E-state index contributed by atoms with van der Waals surface area (Å²) in [6.45, 7) is 0.166. The summed E-state index contributed by atoms with van der Waals surface area (Å²) in [4.78, 5) is 25.9. The van der Waals surface area contributed by atoms with E-state index in [1.54, 1.807) is 42.5 Å². The van der Waals surface area contributed by atoms with Crippen molar-refractivity contribution < 1.29 is 18.7 Å². The van der Waals surface area contributed by atoms with E-state index < -0.39 is 5.91 Å². The number of rotatable bonds is 8.